The van der Waals surface area contributed by atoms with Crippen LogP contribution in [-0.4, -0.2) is 42.1 Å². The van der Waals surface area contributed by atoms with Crippen LogP contribution < -0.4 is 0 Å². The Balaban J connectivity index is 1.43. The lowest BCUT2D eigenvalue weighted by Crippen LogP contribution is -2.48. The van der Waals surface area contributed by atoms with Crippen LogP contribution in [0.5, 0.6) is 0 Å². The van der Waals surface area contributed by atoms with Gasteiger partial charge in [0.25, 0.3) is 10.0 Å². The molecule has 6 rings (SSSR count). The number of piperidine rings is 1. The van der Waals surface area contributed by atoms with Crippen LogP contribution in [0.1, 0.15) is 42.6 Å². The van der Waals surface area contributed by atoms with Crippen LogP contribution in [0.3, 0.4) is 0 Å². The molecule has 5 nitrogen and oxygen atoms in total. The highest BCUT2D eigenvalue weighted by Crippen LogP contribution is 2.44. The summed E-state index contributed by atoms with van der Waals surface area (Å²) < 4.78 is 29.6. The molecule has 0 spiro atoms. The summed E-state index contributed by atoms with van der Waals surface area (Å²) >= 11 is 0. The first kappa shape index (κ1) is 25.4. The molecule has 4 atom stereocenters. The molecule has 6 heteroatoms. The summed E-state index contributed by atoms with van der Waals surface area (Å²) in [6, 6.07) is 27.1. The van der Waals surface area contributed by atoms with Crippen LogP contribution in [0, 0.1) is 17.8 Å². The van der Waals surface area contributed by atoms with Gasteiger partial charge in [-0.1, -0.05) is 80.1 Å². The van der Waals surface area contributed by atoms with Crippen molar-refractivity contribution in [3.05, 3.63) is 102 Å². The molecule has 198 valence electrons. The quantitative estimate of drug-likeness (QED) is 0.350. The zero-order valence-electron chi connectivity index (χ0n) is 21.9. The van der Waals surface area contributed by atoms with Crippen LogP contribution in [0.15, 0.2) is 89.8 Å². The highest BCUT2D eigenvalue weighted by molar-refractivity contribution is 7.90. The molecule has 0 radical (unpaired) electrons. The molecule has 0 bridgehead atoms. The van der Waals surface area contributed by atoms with E-state index in [1.165, 1.54) is 5.56 Å². The molecule has 1 saturated heterocycles. The number of rotatable bonds is 6. The van der Waals surface area contributed by atoms with Gasteiger partial charge in [0, 0.05) is 24.2 Å². The van der Waals surface area contributed by atoms with Crippen LogP contribution in [0.2, 0.25) is 0 Å². The first-order valence-corrected chi connectivity index (χ1v) is 15.3. The predicted octanol–water partition coefficient (Wildman–Crippen LogP) is 5.67. The number of fused-ring (bicyclic) bond motifs is 4. The predicted molar refractivity (Wildman–Crippen MR) is 152 cm³/mol. The van der Waals surface area contributed by atoms with Crippen LogP contribution in [-0.2, 0) is 22.9 Å². The molecule has 2 heterocycles. The van der Waals surface area contributed by atoms with E-state index in [4.69, 9.17) is 0 Å². The second-order valence-corrected chi connectivity index (χ2v) is 12.7. The fourth-order valence-corrected chi connectivity index (χ4v) is 8.78. The molecule has 0 saturated carbocycles. The summed E-state index contributed by atoms with van der Waals surface area (Å²) in [6.45, 7) is 4.24. The van der Waals surface area contributed by atoms with Gasteiger partial charge < -0.3 is 5.11 Å². The summed E-state index contributed by atoms with van der Waals surface area (Å²) in [6.07, 6.45) is 3.69. The molecule has 1 N–H and O–H groups in total. The molecule has 2 aliphatic rings. The summed E-state index contributed by atoms with van der Waals surface area (Å²) in [5.41, 5.74) is 4.07. The maximum Gasteiger partial charge on any atom is 0.268 e. The van der Waals surface area contributed by atoms with Gasteiger partial charge in [-0.05, 0) is 66.3 Å². The number of nitrogens with zero attached hydrogens (tertiary/aromatic N) is 2. The zero-order chi connectivity index (χ0) is 26.3. The SMILES string of the molecule is CC[C@H]1CN([C@@H](CO)c2ccccc2)C[C@@H]2Cc3c(n(S(=O)(=O)c4ccccc4)c4ccccc34)CC[C@@H]12. The van der Waals surface area contributed by atoms with Crippen molar-refractivity contribution in [1.82, 2.24) is 8.87 Å². The van der Waals surface area contributed by atoms with Gasteiger partial charge in [-0.25, -0.2) is 12.4 Å². The number of aliphatic hydroxyl groups is 1. The van der Waals surface area contributed by atoms with E-state index in [-0.39, 0.29) is 12.6 Å². The van der Waals surface area contributed by atoms with Crippen molar-refractivity contribution in [1.29, 1.82) is 0 Å². The van der Waals surface area contributed by atoms with E-state index >= 15 is 0 Å². The van der Waals surface area contributed by atoms with Gasteiger partial charge in [0.2, 0.25) is 0 Å². The highest BCUT2D eigenvalue weighted by atomic mass is 32.2. The van der Waals surface area contributed by atoms with Crippen molar-refractivity contribution >= 4 is 20.9 Å². The maximum atomic E-state index is 14.0. The third-order valence-electron chi connectivity index (χ3n) is 8.98. The lowest BCUT2D eigenvalue weighted by molar-refractivity contribution is 0.00997. The Kier molecular flexibility index (Phi) is 6.89. The minimum atomic E-state index is -3.72. The second-order valence-electron chi connectivity index (χ2n) is 10.9. The summed E-state index contributed by atoms with van der Waals surface area (Å²) in [5, 5.41) is 11.5. The molecule has 1 aliphatic heterocycles. The van der Waals surface area contributed by atoms with E-state index < -0.39 is 10.0 Å². The standard InChI is InChI=1S/C32H36N2O3S/c1-2-23-20-33(32(22-35)24-11-5-3-6-12-24)21-25-19-29-28-15-9-10-16-30(28)34(31(29)18-17-27(23)25)38(36,37)26-13-7-4-8-14-26/h3-16,23,25,27,32,35H,2,17-22H2,1H3/t23-,25-,27-,32-/m0/s1. The summed E-state index contributed by atoms with van der Waals surface area (Å²) in [7, 11) is -3.72. The van der Waals surface area contributed by atoms with Crippen molar-refractivity contribution in [2.45, 2.75) is 43.5 Å². The maximum absolute atomic E-state index is 14.0. The Morgan fingerprint density at radius 3 is 2.32 bits per heavy atom. The normalized spacial score (nSPS) is 22.9. The van der Waals surface area contributed by atoms with Crippen LogP contribution in [0.4, 0.5) is 0 Å². The van der Waals surface area contributed by atoms with Gasteiger partial charge in [0.05, 0.1) is 23.1 Å². The van der Waals surface area contributed by atoms with E-state index in [1.54, 1.807) is 28.2 Å². The van der Waals surface area contributed by atoms with Crippen molar-refractivity contribution in [2.75, 3.05) is 19.7 Å². The van der Waals surface area contributed by atoms with Gasteiger partial charge in [0.1, 0.15) is 0 Å². The third kappa shape index (κ3) is 4.29. The third-order valence-corrected chi connectivity index (χ3v) is 10.7. The van der Waals surface area contributed by atoms with E-state index in [0.29, 0.717) is 22.6 Å². The van der Waals surface area contributed by atoms with Crippen molar-refractivity contribution in [3.63, 3.8) is 0 Å². The molecule has 1 aromatic heterocycles. The summed E-state index contributed by atoms with van der Waals surface area (Å²) in [4.78, 5) is 2.81. The Morgan fingerprint density at radius 2 is 1.61 bits per heavy atom. The zero-order valence-corrected chi connectivity index (χ0v) is 22.7. The van der Waals surface area contributed by atoms with Crippen molar-refractivity contribution in [3.8, 4) is 0 Å². The first-order valence-electron chi connectivity index (χ1n) is 13.8. The van der Waals surface area contributed by atoms with E-state index in [1.807, 2.05) is 42.5 Å². The summed E-state index contributed by atoms with van der Waals surface area (Å²) in [5.74, 6) is 1.46. The fraction of sp³-hybridized carbons (Fsp3) is 0.375. The Morgan fingerprint density at radius 1 is 0.921 bits per heavy atom. The number of aromatic nitrogens is 1. The molecule has 38 heavy (non-hydrogen) atoms. The van der Waals surface area contributed by atoms with Gasteiger partial charge >= 0.3 is 0 Å². The monoisotopic (exact) mass is 528 g/mol. The molecule has 1 fully saturated rings. The molecule has 0 unspecified atom stereocenters. The minimum Gasteiger partial charge on any atom is -0.394 e. The van der Waals surface area contributed by atoms with E-state index in [9.17, 15) is 13.5 Å². The van der Waals surface area contributed by atoms with Crippen molar-refractivity contribution < 1.29 is 13.5 Å². The molecule has 1 aliphatic carbocycles. The molecular weight excluding hydrogens is 492 g/mol. The fourth-order valence-electron chi connectivity index (χ4n) is 7.16. The van der Waals surface area contributed by atoms with Gasteiger partial charge in [-0.2, -0.15) is 0 Å². The first-order chi connectivity index (χ1) is 18.5. The van der Waals surface area contributed by atoms with Gasteiger partial charge in [-0.15, -0.1) is 0 Å². The lowest BCUT2D eigenvalue weighted by atomic mass is 9.72. The highest BCUT2D eigenvalue weighted by Gasteiger charge is 2.41. The number of para-hydroxylation sites is 1. The van der Waals surface area contributed by atoms with Crippen LogP contribution in [0.25, 0.3) is 10.9 Å². The lowest BCUT2D eigenvalue weighted by Gasteiger charge is -2.46. The minimum absolute atomic E-state index is 0.0197. The number of likely N-dealkylation sites (tertiary alicyclic amines) is 1. The largest absolute Gasteiger partial charge is 0.394 e. The molecular formula is C32H36N2O3S. The number of aliphatic hydroxyl groups excluding tert-OH is 1. The Hall–Kier alpha value is -2.93. The number of hydrogen-bond donors (Lipinski definition) is 1. The second kappa shape index (κ2) is 10.3. The van der Waals surface area contributed by atoms with Gasteiger partial charge in [0.15, 0.2) is 0 Å². The average Bonchev–Trinajstić information content (AvgIpc) is 3.14. The Labute approximate surface area is 225 Å². The molecule has 4 aromatic rings. The topological polar surface area (TPSA) is 62.5 Å². The Bertz CT molecular complexity index is 1510. The average molecular weight is 529 g/mol. The number of benzene rings is 3. The van der Waals surface area contributed by atoms with E-state index in [0.717, 1.165) is 60.9 Å². The molecule has 3 aromatic carbocycles. The van der Waals surface area contributed by atoms with Gasteiger partial charge in [-0.3, -0.25) is 4.90 Å². The van der Waals surface area contributed by atoms with E-state index in [2.05, 4.69) is 30.0 Å². The van der Waals surface area contributed by atoms with Crippen molar-refractivity contribution in [2.24, 2.45) is 17.8 Å². The smallest absolute Gasteiger partial charge is 0.268 e. The number of hydrogen-bond acceptors (Lipinski definition) is 4. The molecule has 0 amide bonds. The van der Waals surface area contributed by atoms with Crippen LogP contribution >= 0.6 is 0 Å².